The lowest BCUT2D eigenvalue weighted by molar-refractivity contribution is 0.1000. The van der Waals surface area contributed by atoms with Crippen molar-refractivity contribution >= 4 is 23.3 Å². The summed E-state index contributed by atoms with van der Waals surface area (Å²) >= 11 is 1.59. The van der Waals surface area contributed by atoms with E-state index < -0.39 is 5.91 Å². The third-order valence-electron chi connectivity index (χ3n) is 2.98. The minimum atomic E-state index is -0.463. The Hall–Kier alpha value is -2.41. The maximum Gasteiger partial charge on any atom is 0.315 e. The maximum atomic E-state index is 11.7. The first-order valence-electron chi connectivity index (χ1n) is 6.86. The predicted molar refractivity (Wildman–Crippen MR) is 85.8 cm³/mol. The van der Waals surface area contributed by atoms with Crippen molar-refractivity contribution in [1.29, 1.82) is 0 Å². The quantitative estimate of drug-likeness (QED) is 0.754. The summed E-state index contributed by atoms with van der Waals surface area (Å²) in [5.41, 5.74) is 7.52. The Morgan fingerprint density at radius 2 is 1.95 bits per heavy atom. The first-order chi connectivity index (χ1) is 10.5. The molecule has 1 aromatic carbocycles. The topological polar surface area (TPSA) is 97.1 Å². The number of nitrogens with two attached hydrogens (primary N) is 1. The standard InChI is InChI=1S/C15H18N4O2S/c1-10-9-22-13(19-10)6-7-17-15(21)18-8-11-2-4-12(5-3-11)14(16)20/h2-5,9H,6-8H2,1H3,(H2,16,20)(H2,17,18,21). The van der Waals surface area contributed by atoms with E-state index in [-0.39, 0.29) is 6.03 Å². The number of aromatic nitrogens is 1. The van der Waals surface area contributed by atoms with Gasteiger partial charge in [-0.2, -0.15) is 0 Å². The summed E-state index contributed by atoms with van der Waals surface area (Å²) in [5, 5.41) is 8.54. The predicted octanol–water partition coefficient (Wildman–Crippen LogP) is 1.59. The minimum absolute atomic E-state index is 0.229. The summed E-state index contributed by atoms with van der Waals surface area (Å²) in [4.78, 5) is 27.0. The van der Waals surface area contributed by atoms with Crippen LogP contribution in [0.25, 0.3) is 0 Å². The van der Waals surface area contributed by atoms with Gasteiger partial charge in [-0.25, -0.2) is 9.78 Å². The third-order valence-corrected chi connectivity index (χ3v) is 4.01. The first-order valence-corrected chi connectivity index (χ1v) is 7.74. The fraction of sp³-hybridized carbons (Fsp3) is 0.267. The molecule has 0 spiro atoms. The monoisotopic (exact) mass is 318 g/mol. The van der Waals surface area contributed by atoms with Gasteiger partial charge in [0.2, 0.25) is 5.91 Å². The van der Waals surface area contributed by atoms with Gasteiger partial charge in [-0.15, -0.1) is 11.3 Å². The number of benzene rings is 1. The Bertz CT molecular complexity index is 652. The molecule has 1 heterocycles. The number of carbonyl (C=O) groups excluding carboxylic acids is 2. The van der Waals surface area contributed by atoms with Crippen LogP contribution in [-0.2, 0) is 13.0 Å². The Kier molecular flexibility index (Phi) is 5.48. The molecule has 0 aliphatic carbocycles. The second kappa shape index (κ2) is 7.56. The van der Waals surface area contributed by atoms with Gasteiger partial charge in [0.25, 0.3) is 0 Å². The highest BCUT2D eigenvalue weighted by Gasteiger charge is 2.03. The SMILES string of the molecule is Cc1csc(CCNC(=O)NCc2ccc(C(N)=O)cc2)n1. The van der Waals surface area contributed by atoms with Gasteiger partial charge in [-0.05, 0) is 24.6 Å². The highest BCUT2D eigenvalue weighted by molar-refractivity contribution is 7.09. The number of nitrogens with zero attached hydrogens (tertiary/aromatic N) is 1. The summed E-state index contributed by atoms with van der Waals surface area (Å²) in [7, 11) is 0. The molecule has 0 saturated carbocycles. The van der Waals surface area contributed by atoms with Crippen molar-refractivity contribution in [3.05, 3.63) is 51.5 Å². The lowest BCUT2D eigenvalue weighted by atomic mass is 10.1. The van der Waals surface area contributed by atoms with Crippen LogP contribution in [0.15, 0.2) is 29.6 Å². The number of amides is 3. The summed E-state index contributed by atoms with van der Waals surface area (Å²) < 4.78 is 0. The van der Waals surface area contributed by atoms with E-state index in [0.717, 1.165) is 22.7 Å². The van der Waals surface area contributed by atoms with Gasteiger partial charge >= 0.3 is 6.03 Å². The molecule has 2 aromatic rings. The molecule has 2 rings (SSSR count). The van der Waals surface area contributed by atoms with E-state index >= 15 is 0 Å². The first kappa shape index (κ1) is 16.0. The fourth-order valence-corrected chi connectivity index (χ4v) is 2.61. The average Bonchev–Trinajstić information content (AvgIpc) is 2.91. The van der Waals surface area contributed by atoms with E-state index in [1.54, 1.807) is 35.6 Å². The smallest absolute Gasteiger partial charge is 0.315 e. The summed E-state index contributed by atoms with van der Waals surface area (Å²) in [5.74, 6) is -0.463. The zero-order valence-electron chi connectivity index (χ0n) is 12.3. The lowest BCUT2D eigenvalue weighted by Crippen LogP contribution is -2.36. The fourth-order valence-electron chi connectivity index (χ4n) is 1.83. The number of hydrogen-bond donors (Lipinski definition) is 3. The molecule has 116 valence electrons. The molecule has 22 heavy (non-hydrogen) atoms. The summed E-state index contributed by atoms with van der Waals surface area (Å²) in [6.45, 7) is 2.88. The molecule has 0 saturated heterocycles. The maximum absolute atomic E-state index is 11.7. The number of nitrogens with one attached hydrogen (secondary N) is 2. The molecule has 0 atom stereocenters. The molecule has 4 N–H and O–H groups in total. The average molecular weight is 318 g/mol. The Balaban J connectivity index is 1.69. The van der Waals surface area contributed by atoms with E-state index in [4.69, 9.17) is 5.73 Å². The van der Waals surface area contributed by atoms with Crippen molar-refractivity contribution in [2.24, 2.45) is 5.73 Å². The molecule has 0 aliphatic heterocycles. The zero-order chi connectivity index (χ0) is 15.9. The highest BCUT2D eigenvalue weighted by atomic mass is 32.1. The Morgan fingerprint density at radius 1 is 1.23 bits per heavy atom. The van der Waals surface area contributed by atoms with Crippen LogP contribution in [0, 0.1) is 6.92 Å². The molecule has 0 fully saturated rings. The van der Waals surface area contributed by atoms with Gasteiger partial charge in [-0.3, -0.25) is 4.79 Å². The van der Waals surface area contributed by atoms with Crippen LogP contribution in [0.5, 0.6) is 0 Å². The van der Waals surface area contributed by atoms with Crippen molar-refractivity contribution in [2.75, 3.05) is 6.54 Å². The molecule has 3 amide bonds. The van der Waals surface area contributed by atoms with Crippen LogP contribution in [0.2, 0.25) is 0 Å². The molecule has 7 heteroatoms. The van der Waals surface area contributed by atoms with Gasteiger partial charge in [0.1, 0.15) is 0 Å². The van der Waals surface area contributed by atoms with Crippen molar-refractivity contribution in [2.45, 2.75) is 19.9 Å². The van der Waals surface area contributed by atoms with Gasteiger partial charge in [0, 0.05) is 36.1 Å². The second-order valence-electron chi connectivity index (χ2n) is 4.80. The Labute approximate surface area is 132 Å². The van der Waals surface area contributed by atoms with E-state index in [9.17, 15) is 9.59 Å². The van der Waals surface area contributed by atoms with Crippen LogP contribution in [0.4, 0.5) is 4.79 Å². The van der Waals surface area contributed by atoms with E-state index in [1.807, 2.05) is 12.3 Å². The number of rotatable bonds is 6. The molecule has 0 unspecified atom stereocenters. The molecule has 0 bridgehead atoms. The van der Waals surface area contributed by atoms with Crippen LogP contribution in [0.1, 0.15) is 26.6 Å². The normalized spacial score (nSPS) is 10.2. The minimum Gasteiger partial charge on any atom is -0.366 e. The van der Waals surface area contributed by atoms with Gasteiger partial charge < -0.3 is 16.4 Å². The molecule has 0 radical (unpaired) electrons. The van der Waals surface area contributed by atoms with Crippen molar-refractivity contribution in [3.8, 4) is 0 Å². The second-order valence-corrected chi connectivity index (χ2v) is 5.75. The van der Waals surface area contributed by atoms with Crippen molar-refractivity contribution in [3.63, 3.8) is 0 Å². The van der Waals surface area contributed by atoms with Gasteiger partial charge in [0.05, 0.1) is 5.01 Å². The van der Waals surface area contributed by atoms with E-state index in [0.29, 0.717) is 18.7 Å². The molecule has 0 aliphatic rings. The Morgan fingerprint density at radius 3 is 2.55 bits per heavy atom. The zero-order valence-corrected chi connectivity index (χ0v) is 13.1. The molecule has 1 aromatic heterocycles. The number of urea groups is 1. The van der Waals surface area contributed by atoms with Crippen LogP contribution < -0.4 is 16.4 Å². The number of thiazole rings is 1. The molecule has 6 nitrogen and oxygen atoms in total. The molecular weight excluding hydrogens is 300 g/mol. The largest absolute Gasteiger partial charge is 0.366 e. The van der Waals surface area contributed by atoms with E-state index in [2.05, 4.69) is 15.6 Å². The lowest BCUT2D eigenvalue weighted by Gasteiger charge is -2.07. The summed E-state index contributed by atoms with van der Waals surface area (Å²) in [6, 6.07) is 6.58. The van der Waals surface area contributed by atoms with Crippen molar-refractivity contribution in [1.82, 2.24) is 15.6 Å². The van der Waals surface area contributed by atoms with Crippen LogP contribution >= 0.6 is 11.3 Å². The molecular formula is C15H18N4O2S. The van der Waals surface area contributed by atoms with Crippen molar-refractivity contribution < 1.29 is 9.59 Å². The van der Waals surface area contributed by atoms with E-state index in [1.165, 1.54) is 0 Å². The number of aryl methyl sites for hydroxylation is 1. The number of hydrogen-bond acceptors (Lipinski definition) is 4. The van der Waals surface area contributed by atoms with Gasteiger partial charge in [-0.1, -0.05) is 12.1 Å². The van der Waals surface area contributed by atoms with Gasteiger partial charge in [0.15, 0.2) is 0 Å². The highest BCUT2D eigenvalue weighted by Crippen LogP contribution is 2.08. The van der Waals surface area contributed by atoms with Crippen LogP contribution in [0.3, 0.4) is 0 Å². The summed E-state index contributed by atoms with van der Waals surface area (Å²) in [6.07, 6.45) is 0.721. The number of primary amides is 1. The third kappa shape index (κ3) is 4.85. The number of carbonyl (C=O) groups is 2. The van der Waals surface area contributed by atoms with Crippen LogP contribution in [-0.4, -0.2) is 23.5 Å².